The van der Waals surface area contributed by atoms with E-state index in [0.29, 0.717) is 21.3 Å². The molecule has 0 unspecified atom stereocenters. The molecular weight excluding hydrogens is 432 g/mol. The molecule has 8 nitrogen and oxygen atoms in total. The van der Waals surface area contributed by atoms with E-state index < -0.39 is 0 Å². The van der Waals surface area contributed by atoms with Gasteiger partial charge in [0, 0.05) is 0 Å². The van der Waals surface area contributed by atoms with Gasteiger partial charge in [0.2, 0.25) is 5.91 Å². The van der Waals surface area contributed by atoms with E-state index in [9.17, 15) is 9.59 Å². The highest BCUT2D eigenvalue weighted by molar-refractivity contribution is 7.99. The topological polar surface area (TPSA) is 106 Å². The number of aromatic amines is 1. The molecule has 3 aromatic heterocycles. The Morgan fingerprint density at radius 2 is 2.06 bits per heavy atom. The van der Waals surface area contributed by atoms with Crippen LogP contribution >= 0.6 is 23.1 Å². The zero-order chi connectivity index (χ0) is 21.4. The van der Waals surface area contributed by atoms with Crippen LogP contribution in [0.2, 0.25) is 0 Å². The monoisotopic (exact) mass is 448 g/mol. The number of carbonyl (C=O) groups is 1. The van der Waals surface area contributed by atoms with Crippen molar-refractivity contribution < 1.29 is 4.79 Å². The molecule has 5 rings (SSSR count). The van der Waals surface area contributed by atoms with E-state index >= 15 is 0 Å². The molecule has 2 N–H and O–H groups in total. The maximum absolute atomic E-state index is 12.5. The number of thiazole rings is 1. The van der Waals surface area contributed by atoms with Crippen molar-refractivity contribution in [2.24, 2.45) is 0 Å². The minimum Gasteiger partial charge on any atom is -0.301 e. The Hall–Kier alpha value is -3.50. The fourth-order valence-electron chi connectivity index (χ4n) is 3.13. The third kappa shape index (κ3) is 3.94. The number of nitrogens with zero attached hydrogens (tertiary/aromatic N) is 4. The van der Waals surface area contributed by atoms with E-state index in [-0.39, 0.29) is 17.2 Å². The van der Waals surface area contributed by atoms with Gasteiger partial charge < -0.3 is 10.3 Å². The molecule has 0 atom stereocenters. The number of para-hydroxylation sites is 1. The minimum atomic E-state index is -0.294. The normalized spacial score (nSPS) is 11.3. The Labute approximate surface area is 184 Å². The number of amides is 1. The van der Waals surface area contributed by atoms with Crippen molar-refractivity contribution in [1.82, 2.24) is 24.7 Å². The van der Waals surface area contributed by atoms with Gasteiger partial charge in [0.15, 0.2) is 15.9 Å². The summed E-state index contributed by atoms with van der Waals surface area (Å²) in [7, 11) is 0. The van der Waals surface area contributed by atoms with Crippen LogP contribution in [0.5, 0.6) is 0 Å². The molecule has 0 fully saturated rings. The predicted octanol–water partition coefficient (Wildman–Crippen LogP) is 3.76. The molecule has 10 heteroatoms. The van der Waals surface area contributed by atoms with Gasteiger partial charge in [0.25, 0.3) is 5.56 Å². The van der Waals surface area contributed by atoms with E-state index in [0.717, 1.165) is 33.2 Å². The van der Waals surface area contributed by atoms with Crippen LogP contribution in [-0.4, -0.2) is 36.4 Å². The number of benzene rings is 2. The number of hydrogen-bond acceptors (Lipinski definition) is 7. The Bertz CT molecular complexity index is 1450. The molecule has 0 aliphatic rings. The van der Waals surface area contributed by atoms with Gasteiger partial charge in [-0.1, -0.05) is 47.4 Å². The first-order valence-corrected chi connectivity index (χ1v) is 11.2. The van der Waals surface area contributed by atoms with Crippen molar-refractivity contribution in [3.8, 4) is 5.69 Å². The van der Waals surface area contributed by atoms with E-state index in [4.69, 9.17) is 0 Å². The van der Waals surface area contributed by atoms with Gasteiger partial charge in [-0.15, -0.1) is 0 Å². The molecule has 0 spiro atoms. The summed E-state index contributed by atoms with van der Waals surface area (Å²) in [5, 5.41) is 8.41. The highest BCUT2D eigenvalue weighted by Crippen LogP contribution is 2.26. The quantitative estimate of drug-likeness (QED) is 0.313. The first-order chi connectivity index (χ1) is 15.1. The van der Waals surface area contributed by atoms with Crippen molar-refractivity contribution in [1.29, 1.82) is 0 Å². The van der Waals surface area contributed by atoms with Crippen LogP contribution in [0, 0.1) is 6.92 Å². The van der Waals surface area contributed by atoms with E-state index in [1.54, 1.807) is 4.68 Å². The maximum atomic E-state index is 12.5. The summed E-state index contributed by atoms with van der Waals surface area (Å²) in [6.45, 7) is 1.99. The van der Waals surface area contributed by atoms with Crippen LogP contribution in [0.4, 0.5) is 5.13 Å². The predicted molar refractivity (Wildman–Crippen MR) is 123 cm³/mol. The average Bonchev–Trinajstić information content (AvgIpc) is 3.36. The second kappa shape index (κ2) is 7.97. The van der Waals surface area contributed by atoms with Gasteiger partial charge in [-0.25, -0.2) is 14.6 Å². The lowest BCUT2D eigenvalue weighted by atomic mass is 10.2. The zero-order valence-electron chi connectivity index (χ0n) is 16.3. The van der Waals surface area contributed by atoms with Crippen LogP contribution in [0.15, 0.2) is 64.7 Å². The number of hydrogen-bond donors (Lipinski definition) is 2. The second-order valence-electron chi connectivity index (χ2n) is 6.83. The molecule has 0 aliphatic heterocycles. The highest BCUT2D eigenvalue weighted by Gasteiger charge is 2.14. The summed E-state index contributed by atoms with van der Waals surface area (Å²) in [5.41, 5.74) is 2.89. The Kier molecular flexibility index (Phi) is 5.00. The zero-order valence-corrected chi connectivity index (χ0v) is 18.0. The number of nitrogens with one attached hydrogen (secondary N) is 2. The standard InChI is InChI=1S/C21H16N6O2S2/c1-12-5-4-6-13(9-12)27-18-14(10-22-27)19(29)26-20(25-18)30-11-17(28)24-21-23-15-7-2-3-8-16(15)31-21/h2-10H,11H2,1H3,(H,23,24,28)(H,25,26,29). The molecule has 0 radical (unpaired) electrons. The third-order valence-electron chi connectivity index (χ3n) is 4.54. The van der Waals surface area contributed by atoms with Crippen molar-refractivity contribution >= 4 is 55.4 Å². The maximum Gasteiger partial charge on any atom is 0.262 e. The van der Waals surface area contributed by atoms with E-state index in [1.165, 1.54) is 17.5 Å². The summed E-state index contributed by atoms with van der Waals surface area (Å²) < 4.78 is 2.63. The van der Waals surface area contributed by atoms with Crippen LogP contribution in [0.25, 0.3) is 26.9 Å². The van der Waals surface area contributed by atoms with Gasteiger partial charge in [0.05, 0.1) is 27.9 Å². The van der Waals surface area contributed by atoms with Crippen molar-refractivity contribution in [2.75, 3.05) is 11.1 Å². The highest BCUT2D eigenvalue weighted by atomic mass is 32.2. The summed E-state index contributed by atoms with van der Waals surface area (Å²) in [6.07, 6.45) is 1.50. The van der Waals surface area contributed by atoms with Crippen molar-refractivity contribution in [2.45, 2.75) is 12.1 Å². The van der Waals surface area contributed by atoms with Crippen molar-refractivity contribution in [3.05, 3.63) is 70.6 Å². The van der Waals surface area contributed by atoms with Crippen LogP contribution < -0.4 is 10.9 Å². The Balaban J connectivity index is 1.36. The van der Waals surface area contributed by atoms with Crippen molar-refractivity contribution in [3.63, 3.8) is 0 Å². The van der Waals surface area contributed by atoms with E-state index in [2.05, 4.69) is 25.4 Å². The molecule has 0 bridgehead atoms. The number of H-pyrrole nitrogens is 1. The molecular formula is C21H16N6O2S2. The Morgan fingerprint density at radius 1 is 1.19 bits per heavy atom. The molecule has 5 aromatic rings. The molecule has 31 heavy (non-hydrogen) atoms. The smallest absolute Gasteiger partial charge is 0.262 e. The van der Waals surface area contributed by atoms with E-state index in [1.807, 2.05) is 55.5 Å². The largest absolute Gasteiger partial charge is 0.301 e. The third-order valence-corrected chi connectivity index (χ3v) is 6.37. The number of anilines is 1. The molecule has 0 aliphatic carbocycles. The first-order valence-electron chi connectivity index (χ1n) is 9.40. The second-order valence-corrected chi connectivity index (χ2v) is 8.82. The van der Waals surface area contributed by atoms with Gasteiger partial charge >= 0.3 is 0 Å². The molecule has 1 amide bonds. The number of aryl methyl sites for hydroxylation is 1. The average molecular weight is 449 g/mol. The molecule has 0 saturated heterocycles. The lowest BCUT2D eigenvalue weighted by Crippen LogP contribution is -2.15. The SMILES string of the molecule is Cc1cccc(-n2ncc3c(=O)[nH]c(SCC(=O)Nc4nc5ccccc5s4)nc32)c1. The van der Waals surface area contributed by atoms with Gasteiger partial charge in [-0.05, 0) is 36.8 Å². The Morgan fingerprint density at radius 3 is 2.90 bits per heavy atom. The number of thioether (sulfide) groups is 1. The lowest BCUT2D eigenvalue weighted by Gasteiger charge is -2.05. The van der Waals surface area contributed by atoms with Gasteiger partial charge in [-0.2, -0.15) is 5.10 Å². The summed E-state index contributed by atoms with van der Waals surface area (Å²) in [4.78, 5) is 36.5. The molecule has 3 heterocycles. The van der Waals surface area contributed by atoms with Crippen LogP contribution in [-0.2, 0) is 4.79 Å². The van der Waals surface area contributed by atoms with Crippen LogP contribution in [0.3, 0.4) is 0 Å². The number of rotatable bonds is 5. The minimum absolute atomic E-state index is 0.0863. The number of fused-ring (bicyclic) bond motifs is 2. The number of carbonyl (C=O) groups excluding carboxylic acids is 1. The van der Waals surface area contributed by atoms with Gasteiger partial charge in [-0.3, -0.25) is 9.59 Å². The molecule has 154 valence electrons. The fourth-order valence-corrected chi connectivity index (χ4v) is 4.67. The summed E-state index contributed by atoms with van der Waals surface area (Å²) >= 11 is 2.57. The number of aromatic nitrogens is 5. The summed E-state index contributed by atoms with van der Waals surface area (Å²) in [6, 6.07) is 15.5. The fraction of sp³-hybridized carbons (Fsp3) is 0.0952. The summed E-state index contributed by atoms with van der Waals surface area (Å²) in [5.74, 6) is -0.137. The first kappa shape index (κ1) is 19.5. The lowest BCUT2D eigenvalue weighted by molar-refractivity contribution is -0.113. The molecule has 0 saturated carbocycles. The molecule has 2 aromatic carbocycles. The van der Waals surface area contributed by atoms with Crippen LogP contribution in [0.1, 0.15) is 5.56 Å². The van der Waals surface area contributed by atoms with Gasteiger partial charge in [0.1, 0.15) is 5.39 Å².